The highest BCUT2D eigenvalue weighted by Crippen LogP contribution is 2.28. The van der Waals surface area contributed by atoms with Gasteiger partial charge in [-0.3, -0.25) is 9.78 Å². The predicted octanol–water partition coefficient (Wildman–Crippen LogP) is 5.06. The van der Waals surface area contributed by atoms with E-state index in [0.29, 0.717) is 34.6 Å². The van der Waals surface area contributed by atoms with Crippen molar-refractivity contribution in [2.24, 2.45) is 5.73 Å². The fourth-order valence-corrected chi connectivity index (χ4v) is 3.12. The normalized spacial score (nSPS) is 10.6. The number of nitrogens with one attached hydrogen (secondary N) is 3. The molecule has 0 unspecified atom stereocenters. The van der Waals surface area contributed by atoms with E-state index in [4.69, 9.17) is 10.5 Å². The molecule has 8 nitrogen and oxygen atoms in total. The molecular weight excluding hydrogens is 444 g/mol. The molecule has 0 radical (unpaired) electrons. The zero-order chi connectivity index (χ0) is 24.1. The Hall–Kier alpha value is -4.57. The molecule has 0 atom stereocenters. The first-order chi connectivity index (χ1) is 16.4. The number of anilines is 2. The summed E-state index contributed by atoms with van der Waals surface area (Å²) in [5, 5.41) is 4.66. The first kappa shape index (κ1) is 22.6. The third-order valence-corrected chi connectivity index (χ3v) is 4.79. The van der Waals surface area contributed by atoms with Gasteiger partial charge in [0.2, 0.25) is 0 Å². The largest absolute Gasteiger partial charge is 0.457 e. The molecule has 0 fully saturated rings. The Morgan fingerprint density at radius 1 is 1.00 bits per heavy atom. The highest BCUT2D eigenvalue weighted by molar-refractivity contribution is 6.00. The fraction of sp³-hybridized carbons (Fsp3) is 0.0417. The average Bonchev–Trinajstić information content (AvgIpc) is 3.32. The number of urea groups is 1. The molecule has 0 saturated carbocycles. The molecule has 0 aliphatic heterocycles. The van der Waals surface area contributed by atoms with Crippen LogP contribution in [0.4, 0.5) is 25.0 Å². The predicted molar refractivity (Wildman–Crippen MR) is 123 cm³/mol. The lowest BCUT2D eigenvalue weighted by Crippen LogP contribution is -2.21. The van der Waals surface area contributed by atoms with E-state index in [1.165, 1.54) is 36.5 Å². The Kier molecular flexibility index (Phi) is 6.60. The Balaban J connectivity index is 1.44. The summed E-state index contributed by atoms with van der Waals surface area (Å²) in [6, 6.07) is 12.0. The third kappa shape index (κ3) is 5.25. The molecule has 10 heteroatoms. The second-order valence-electron chi connectivity index (χ2n) is 7.18. The number of benzene rings is 2. The number of halogens is 2. The van der Waals surface area contributed by atoms with Crippen LogP contribution in [0, 0.1) is 11.6 Å². The van der Waals surface area contributed by atoms with Gasteiger partial charge in [0.25, 0.3) is 0 Å². The van der Waals surface area contributed by atoms with Crippen LogP contribution in [0.15, 0.2) is 67.0 Å². The van der Waals surface area contributed by atoms with Crippen molar-refractivity contribution in [2.45, 2.75) is 6.54 Å². The van der Waals surface area contributed by atoms with Gasteiger partial charge in [-0.1, -0.05) is 6.07 Å². The van der Waals surface area contributed by atoms with Crippen molar-refractivity contribution < 1.29 is 23.1 Å². The molecule has 2 heterocycles. The Bertz CT molecular complexity index is 1360. The van der Waals surface area contributed by atoms with Crippen molar-refractivity contribution in [3.05, 3.63) is 89.8 Å². The number of nitrogens with two attached hydrogens (primary N) is 1. The summed E-state index contributed by atoms with van der Waals surface area (Å²) in [6.07, 6.45) is 3.78. The van der Waals surface area contributed by atoms with E-state index < -0.39 is 17.7 Å². The van der Waals surface area contributed by atoms with Gasteiger partial charge in [0.05, 0.1) is 22.8 Å². The number of pyridine rings is 1. The molecule has 2 amide bonds. The molecule has 0 bridgehead atoms. The van der Waals surface area contributed by atoms with Crippen molar-refractivity contribution >= 4 is 23.7 Å². The van der Waals surface area contributed by atoms with Crippen LogP contribution in [0.5, 0.6) is 11.5 Å². The van der Waals surface area contributed by atoms with Crippen molar-refractivity contribution in [1.29, 1.82) is 0 Å². The maximum Gasteiger partial charge on any atom is 0.323 e. The van der Waals surface area contributed by atoms with E-state index in [2.05, 4.69) is 20.6 Å². The SMILES string of the molecule is NCc1ccc(F)c(NC(=O)Nc2ccc(Oc3ccnc(-c4cc(C=O)c[nH]4)c3)cc2F)c1. The van der Waals surface area contributed by atoms with Gasteiger partial charge in [0, 0.05) is 36.6 Å². The van der Waals surface area contributed by atoms with E-state index >= 15 is 0 Å². The van der Waals surface area contributed by atoms with E-state index in [0.717, 1.165) is 6.07 Å². The topological polar surface area (TPSA) is 122 Å². The number of nitrogens with zero attached hydrogens (tertiary/aromatic N) is 1. The van der Waals surface area contributed by atoms with Gasteiger partial charge < -0.3 is 26.1 Å². The number of amides is 2. The minimum Gasteiger partial charge on any atom is -0.457 e. The van der Waals surface area contributed by atoms with Crippen LogP contribution in [0.1, 0.15) is 15.9 Å². The molecule has 172 valence electrons. The monoisotopic (exact) mass is 463 g/mol. The number of ether oxygens (including phenoxy) is 1. The highest BCUT2D eigenvalue weighted by atomic mass is 19.1. The van der Waals surface area contributed by atoms with Crippen LogP contribution < -0.4 is 21.1 Å². The number of carbonyl (C=O) groups excluding carboxylic acids is 2. The molecule has 0 aliphatic rings. The lowest BCUT2D eigenvalue weighted by Gasteiger charge is -2.12. The quantitative estimate of drug-likeness (QED) is 0.285. The number of hydrogen-bond acceptors (Lipinski definition) is 5. The molecule has 34 heavy (non-hydrogen) atoms. The smallest absolute Gasteiger partial charge is 0.323 e. The van der Waals surface area contributed by atoms with Gasteiger partial charge >= 0.3 is 6.03 Å². The molecular formula is C24H19F2N5O3. The van der Waals surface area contributed by atoms with Crippen molar-refractivity contribution in [1.82, 2.24) is 9.97 Å². The Morgan fingerprint density at radius 3 is 2.53 bits per heavy atom. The van der Waals surface area contributed by atoms with Gasteiger partial charge in [-0.15, -0.1) is 0 Å². The number of aromatic nitrogens is 2. The van der Waals surface area contributed by atoms with Crippen LogP contribution in [0.3, 0.4) is 0 Å². The first-order valence-electron chi connectivity index (χ1n) is 10.1. The molecule has 0 saturated heterocycles. The van der Waals surface area contributed by atoms with Crippen molar-refractivity contribution in [3.63, 3.8) is 0 Å². The summed E-state index contributed by atoms with van der Waals surface area (Å²) in [6.45, 7) is 0.177. The second kappa shape index (κ2) is 9.92. The number of hydrogen-bond donors (Lipinski definition) is 4. The third-order valence-electron chi connectivity index (χ3n) is 4.79. The minimum absolute atomic E-state index is 0.0726. The molecule has 4 aromatic rings. The highest BCUT2D eigenvalue weighted by Gasteiger charge is 2.12. The van der Waals surface area contributed by atoms with Crippen LogP contribution in [0.25, 0.3) is 11.4 Å². The molecule has 2 aromatic carbocycles. The molecule has 4 rings (SSSR count). The lowest BCUT2D eigenvalue weighted by molar-refractivity contribution is 0.112. The Labute approximate surface area is 192 Å². The molecule has 5 N–H and O–H groups in total. The second-order valence-corrected chi connectivity index (χ2v) is 7.18. The maximum absolute atomic E-state index is 14.6. The number of rotatable bonds is 7. The van der Waals surface area contributed by atoms with E-state index in [1.807, 2.05) is 0 Å². The van der Waals surface area contributed by atoms with Gasteiger partial charge in [0.1, 0.15) is 23.1 Å². The number of carbonyl (C=O) groups is 2. The molecule has 0 aliphatic carbocycles. The first-order valence-corrected chi connectivity index (χ1v) is 10.1. The number of aldehydes is 1. The van der Waals surface area contributed by atoms with Crippen LogP contribution >= 0.6 is 0 Å². The van der Waals surface area contributed by atoms with Crippen molar-refractivity contribution in [2.75, 3.05) is 10.6 Å². The number of aromatic amines is 1. The maximum atomic E-state index is 14.6. The summed E-state index contributed by atoms with van der Waals surface area (Å²) >= 11 is 0. The van der Waals surface area contributed by atoms with Gasteiger partial charge in [-0.2, -0.15) is 0 Å². The summed E-state index contributed by atoms with van der Waals surface area (Å²) in [7, 11) is 0. The van der Waals surface area contributed by atoms with Crippen LogP contribution in [-0.4, -0.2) is 22.3 Å². The zero-order valence-corrected chi connectivity index (χ0v) is 17.6. The minimum atomic E-state index is -0.819. The van der Waals surface area contributed by atoms with Crippen LogP contribution in [-0.2, 0) is 6.54 Å². The van der Waals surface area contributed by atoms with E-state index in [9.17, 15) is 18.4 Å². The fourth-order valence-electron chi connectivity index (χ4n) is 3.12. The number of H-pyrrole nitrogens is 1. The molecule has 2 aromatic heterocycles. The summed E-state index contributed by atoms with van der Waals surface area (Å²) < 4.78 is 34.2. The van der Waals surface area contributed by atoms with E-state index in [1.54, 1.807) is 24.4 Å². The molecule has 0 spiro atoms. The van der Waals surface area contributed by atoms with Gasteiger partial charge in [-0.05, 0) is 42.0 Å². The lowest BCUT2D eigenvalue weighted by atomic mass is 10.2. The van der Waals surface area contributed by atoms with E-state index in [-0.39, 0.29) is 23.7 Å². The standard InChI is InChI=1S/C24H19F2N5O3/c25-18-3-1-14(11-27)7-21(18)31-24(33)30-20-4-2-16(9-19(20)26)34-17-5-6-28-23(10-17)22-8-15(13-32)12-29-22/h1-10,12-13,29H,11,27H2,(H2,30,31,33). The summed E-state index contributed by atoms with van der Waals surface area (Å²) in [5.74, 6) is -0.823. The van der Waals surface area contributed by atoms with Crippen LogP contribution in [0.2, 0.25) is 0 Å². The summed E-state index contributed by atoms with van der Waals surface area (Å²) in [4.78, 5) is 30.2. The average molecular weight is 463 g/mol. The van der Waals surface area contributed by atoms with Gasteiger partial charge in [-0.25, -0.2) is 13.6 Å². The van der Waals surface area contributed by atoms with Crippen molar-refractivity contribution in [3.8, 4) is 22.9 Å². The van der Waals surface area contributed by atoms with Gasteiger partial charge in [0.15, 0.2) is 6.29 Å². The summed E-state index contributed by atoms with van der Waals surface area (Å²) in [5.41, 5.74) is 7.60. The Morgan fingerprint density at radius 2 is 1.79 bits per heavy atom. The zero-order valence-electron chi connectivity index (χ0n) is 17.6.